The highest BCUT2D eigenvalue weighted by atomic mass is 32.7. The third kappa shape index (κ3) is 5.89. The Labute approximate surface area is 152 Å². The zero-order chi connectivity index (χ0) is 17.4. The second kappa shape index (κ2) is 9.57. The lowest BCUT2D eigenvalue weighted by Crippen LogP contribution is -1.96. The Morgan fingerprint density at radius 2 is 1.83 bits per heavy atom. The molecule has 0 aromatic heterocycles. The normalized spacial score (nSPS) is 13.5. The molecule has 2 rings (SSSR count). The lowest BCUT2D eigenvalue weighted by Gasteiger charge is -2.18. The van der Waals surface area contributed by atoms with E-state index >= 15 is 0 Å². The fourth-order valence-electron chi connectivity index (χ4n) is 1.99. The van der Waals surface area contributed by atoms with Crippen molar-refractivity contribution in [1.29, 1.82) is 0 Å². The van der Waals surface area contributed by atoms with E-state index in [1.165, 1.54) is 16.3 Å². The fraction of sp³-hybridized carbons (Fsp3) is 0.333. The summed E-state index contributed by atoms with van der Waals surface area (Å²) in [6.07, 6.45) is 0.927. The summed E-state index contributed by atoms with van der Waals surface area (Å²) in [5, 5.41) is 0. The van der Waals surface area contributed by atoms with E-state index in [0.29, 0.717) is 12.4 Å². The summed E-state index contributed by atoms with van der Waals surface area (Å²) < 4.78 is 23.9. The molecule has 0 bridgehead atoms. The van der Waals surface area contributed by atoms with Crippen LogP contribution in [0.25, 0.3) is 0 Å². The molecule has 3 nitrogen and oxygen atoms in total. The van der Waals surface area contributed by atoms with Crippen molar-refractivity contribution in [1.82, 2.24) is 0 Å². The van der Waals surface area contributed by atoms with Crippen LogP contribution in [0.2, 0.25) is 0 Å². The van der Waals surface area contributed by atoms with Gasteiger partial charge in [0.25, 0.3) is 0 Å². The molecule has 0 aliphatic rings. The second-order valence-electron chi connectivity index (χ2n) is 5.13. The van der Waals surface area contributed by atoms with Gasteiger partial charge in [-0.2, -0.15) is 0 Å². The molecular weight excluding hydrogens is 359 g/mol. The first-order valence-corrected chi connectivity index (χ1v) is 11.9. The quantitative estimate of drug-likeness (QED) is 0.445. The van der Waals surface area contributed by atoms with E-state index in [9.17, 15) is 4.57 Å². The second-order valence-corrected chi connectivity index (χ2v) is 10.4. The lowest BCUT2D eigenvalue weighted by atomic mass is 10.2. The van der Waals surface area contributed by atoms with Gasteiger partial charge in [0.15, 0.2) is 0 Å². The molecule has 0 radical (unpaired) electrons. The van der Waals surface area contributed by atoms with Crippen LogP contribution in [-0.2, 0) is 9.09 Å². The molecule has 0 amide bonds. The zero-order valence-electron chi connectivity index (χ0n) is 14.2. The molecule has 0 saturated carbocycles. The van der Waals surface area contributed by atoms with Crippen LogP contribution in [0, 0.1) is 6.92 Å². The first-order chi connectivity index (χ1) is 11.6. The van der Waals surface area contributed by atoms with E-state index < -0.39 is 6.80 Å². The molecule has 6 heteroatoms. The highest BCUT2D eigenvalue weighted by Gasteiger charge is 2.26. The summed E-state index contributed by atoms with van der Waals surface area (Å²) >= 11 is 2.97. The minimum Gasteiger partial charge on any atom is -0.417 e. The average Bonchev–Trinajstić information content (AvgIpc) is 2.57. The predicted octanol–water partition coefficient (Wildman–Crippen LogP) is 6.81. The molecule has 2 aromatic rings. The van der Waals surface area contributed by atoms with Crippen LogP contribution in [0.1, 0.15) is 25.8 Å². The maximum Gasteiger partial charge on any atom is 0.440 e. The molecule has 0 saturated heterocycles. The molecule has 24 heavy (non-hydrogen) atoms. The Morgan fingerprint density at radius 1 is 1.08 bits per heavy atom. The molecular formula is C18H23O3PS2. The Bertz CT molecular complexity index is 692. The van der Waals surface area contributed by atoms with Crippen molar-refractivity contribution in [2.45, 2.75) is 37.0 Å². The standard InChI is InChI=1S/C18H23O3PS2/c1-4-13-23-22(19,20-5-2)21-16-11-12-18(15(3)14-16)24-17-9-7-6-8-10-17/h6-12,14H,4-5,13H2,1-3H3. The molecule has 0 aliphatic heterocycles. The summed E-state index contributed by atoms with van der Waals surface area (Å²) in [6.45, 7) is 3.12. The number of rotatable bonds is 9. The third-order valence-electron chi connectivity index (χ3n) is 3.08. The SMILES string of the molecule is CCCSP(=O)(OCC)Oc1ccc(Sc2ccccc2)c(C)c1. The van der Waals surface area contributed by atoms with E-state index in [4.69, 9.17) is 9.05 Å². The van der Waals surface area contributed by atoms with E-state index in [2.05, 4.69) is 12.1 Å². The van der Waals surface area contributed by atoms with Crippen LogP contribution < -0.4 is 4.52 Å². The van der Waals surface area contributed by atoms with Gasteiger partial charge in [-0.3, -0.25) is 4.52 Å². The molecule has 2 aromatic carbocycles. The summed E-state index contributed by atoms with van der Waals surface area (Å²) in [5.74, 6) is 1.34. The van der Waals surface area contributed by atoms with Crippen LogP contribution in [0.3, 0.4) is 0 Å². The van der Waals surface area contributed by atoms with E-state index in [-0.39, 0.29) is 0 Å². The molecule has 1 atom stereocenters. The van der Waals surface area contributed by atoms with Gasteiger partial charge in [0.2, 0.25) is 0 Å². The van der Waals surface area contributed by atoms with Gasteiger partial charge in [-0.05, 0) is 67.5 Å². The number of benzene rings is 2. The van der Waals surface area contributed by atoms with Gasteiger partial charge in [0, 0.05) is 15.5 Å². The fourth-order valence-corrected chi connectivity index (χ4v) is 6.34. The summed E-state index contributed by atoms with van der Waals surface area (Å²) in [4.78, 5) is 2.34. The number of aryl methyl sites for hydroxylation is 1. The number of hydrogen-bond donors (Lipinski definition) is 0. The first-order valence-electron chi connectivity index (χ1n) is 7.98. The van der Waals surface area contributed by atoms with Crippen molar-refractivity contribution < 1.29 is 13.6 Å². The van der Waals surface area contributed by atoms with Gasteiger partial charge < -0.3 is 4.52 Å². The smallest absolute Gasteiger partial charge is 0.417 e. The van der Waals surface area contributed by atoms with Crippen molar-refractivity contribution in [2.24, 2.45) is 0 Å². The van der Waals surface area contributed by atoms with Crippen molar-refractivity contribution in [3.63, 3.8) is 0 Å². The summed E-state index contributed by atoms with van der Waals surface area (Å²) in [5.41, 5.74) is 1.09. The van der Waals surface area contributed by atoms with Crippen LogP contribution in [0.5, 0.6) is 5.75 Å². The van der Waals surface area contributed by atoms with Crippen molar-refractivity contribution in [2.75, 3.05) is 12.4 Å². The first kappa shape index (κ1) is 19.5. The van der Waals surface area contributed by atoms with Gasteiger partial charge in [-0.1, -0.05) is 36.9 Å². The van der Waals surface area contributed by atoms with Crippen LogP contribution in [0.4, 0.5) is 0 Å². The van der Waals surface area contributed by atoms with E-state index in [1.54, 1.807) is 11.8 Å². The van der Waals surface area contributed by atoms with Crippen molar-refractivity contribution >= 4 is 29.9 Å². The highest BCUT2D eigenvalue weighted by Crippen LogP contribution is 2.60. The van der Waals surface area contributed by atoms with Gasteiger partial charge >= 0.3 is 6.80 Å². The van der Waals surface area contributed by atoms with Gasteiger partial charge in [0.1, 0.15) is 5.75 Å². The van der Waals surface area contributed by atoms with E-state index in [0.717, 1.165) is 22.6 Å². The Balaban J connectivity index is 2.11. The molecule has 0 spiro atoms. The Hall–Kier alpha value is -0.870. The minimum atomic E-state index is -3.15. The van der Waals surface area contributed by atoms with Crippen LogP contribution >= 0.6 is 29.9 Å². The maximum absolute atomic E-state index is 12.7. The average molecular weight is 382 g/mol. The van der Waals surface area contributed by atoms with Gasteiger partial charge in [-0.25, -0.2) is 4.57 Å². The predicted molar refractivity (Wildman–Crippen MR) is 104 cm³/mol. The molecule has 0 fully saturated rings. The highest BCUT2D eigenvalue weighted by molar-refractivity contribution is 8.55. The van der Waals surface area contributed by atoms with Crippen LogP contribution in [0.15, 0.2) is 58.3 Å². The summed E-state index contributed by atoms with van der Waals surface area (Å²) in [7, 11) is 0. The van der Waals surface area contributed by atoms with Gasteiger partial charge in [-0.15, -0.1) is 0 Å². The summed E-state index contributed by atoms with van der Waals surface area (Å²) in [6, 6.07) is 16.0. The largest absolute Gasteiger partial charge is 0.440 e. The monoisotopic (exact) mass is 382 g/mol. The Kier molecular flexibility index (Phi) is 7.76. The third-order valence-corrected chi connectivity index (χ3v) is 8.21. The van der Waals surface area contributed by atoms with Gasteiger partial charge in [0.05, 0.1) is 6.61 Å². The van der Waals surface area contributed by atoms with Crippen LogP contribution in [-0.4, -0.2) is 12.4 Å². The topological polar surface area (TPSA) is 35.5 Å². The maximum atomic E-state index is 12.7. The molecule has 0 heterocycles. The zero-order valence-corrected chi connectivity index (χ0v) is 16.8. The molecule has 0 aliphatic carbocycles. The Morgan fingerprint density at radius 3 is 2.46 bits per heavy atom. The number of hydrogen-bond acceptors (Lipinski definition) is 5. The van der Waals surface area contributed by atoms with E-state index in [1.807, 2.05) is 57.2 Å². The minimum absolute atomic E-state index is 0.370. The molecule has 130 valence electrons. The van der Waals surface area contributed by atoms with Crippen molar-refractivity contribution in [3.8, 4) is 5.75 Å². The lowest BCUT2D eigenvalue weighted by molar-refractivity contribution is 0.296. The van der Waals surface area contributed by atoms with Crippen molar-refractivity contribution in [3.05, 3.63) is 54.1 Å². The molecule has 0 N–H and O–H groups in total. The molecule has 1 unspecified atom stereocenters.